The van der Waals surface area contributed by atoms with Crippen molar-refractivity contribution in [2.24, 2.45) is 0 Å². The largest absolute Gasteiger partial charge is 0.361 e. The molecule has 2 aromatic heterocycles. The van der Waals surface area contributed by atoms with Crippen LogP contribution in [0.3, 0.4) is 0 Å². The standard InChI is InChI=1S/C13H19ClN4O/c1-7-10(9(3)19-17-7)8(2)18-11(13(4,5)6)15-16-12(18)14/h8H,1-6H3. The number of aromatic nitrogens is 4. The zero-order valence-corrected chi connectivity index (χ0v) is 12.9. The molecule has 6 heteroatoms. The Morgan fingerprint density at radius 3 is 2.32 bits per heavy atom. The van der Waals surface area contributed by atoms with Crippen LogP contribution in [0.4, 0.5) is 0 Å². The molecule has 1 unspecified atom stereocenters. The van der Waals surface area contributed by atoms with E-state index in [0.29, 0.717) is 5.28 Å². The van der Waals surface area contributed by atoms with Gasteiger partial charge in [-0.2, -0.15) is 0 Å². The van der Waals surface area contributed by atoms with Crippen LogP contribution in [0, 0.1) is 13.8 Å². The molecule has 2 heterocycles. The van der Waals surface area contributed by atoms with Crippen LogP contribution >= 0.6 is 11.6 Å². The fourth-order valence-corrected chi connectivity index (χ4v) is 2.61. The van der Waals surface area contributed by atoms with Crippen LogP contribution in [0.5, 0.6) is 0 Å². The lowest BCUT2D eigenvalue weighted by Gasteiger charge is -2.23. The minimum absolute atomic E-state index is 0.0111. The Morgan fingerprint density at radius 2 is 1.84 bits per heavy atom. The first-order valence-electron chi connectivity index (χ1n) is 6.27. The van der Waals surface area contributed by atoms with Gasteiger partial charge >= 0.3 is 0 Å². The molecule has 104 valence electrons. The van der Waals surface area contributed by atoms with Crippen LogP contribution in [0.25, 0.3) is 0 Å². The molecule has 5 nitrogen and oxygen atoms in total. The molecule has 0 amide bonds. The van der Waals surface area contributed by atoms with Crippen molar-refractivity contribution in [2.75, 3.05) is 0 Å². The maximum atomic E-state index is 6.21. The molecule has 0 aromatic carbocycles. The number of hydrogen-bond acceptors (Lipinski definition) is 4. The van der Waals surface area contributed by atoms with Gasteiger partial charge in [-0.3, -0.25) is 4.57 Å². The van der Waals surface area contributed by atoms with E-state index in [2.05, 4.69) is 43.0 Å². The van der Waals surface area contributed by atoms with Crippen molar-refractivity contribution in [3.8, 4) is 0 Å². The van der Waals surface area contributed by atoms with E-state index in [4.69, 9.17) is 16.1 Å². The van der Waals surface area contributed by atoms with E-state index >= 15 is 0 Å². The highest BCUT2D eigenvalue weighted by molar-refractivity contribution is 6.28. The summed E-state index contributed by atoms with van der Waals surface area (Å²) >= 11 is 6.21. The lowest BCUT2D eigenvalue weighted by molar-refractivity contribution is 0.390. The second-order valence-corrected chi connectivity index (χ2v) is 6.16. The Morgan fingerprint density at radius 1 is 1.21 bits per heavy atom. The summed E-state index contributed by atoms with van der Waals surface area (Å²) in [5.41, 5.74) is 1.77. The van der Waals surface area contributed by atoms with Crippen molar-refractivity contribution in [1.29, 1.82) is 0 Å². The first-order valence-corrected chi connectivity index (χ1v) is 6.65. The van der Waals surface area contributed by atoms with Gasteiger partial charge in [-0.1, -0.05) is 25.9 Å². The number of rotatable bonds is 2. The second-order valence-electron chi connectivity index (χ2n) is 5.83. The topological polar surface area (TPSA) is 56.7 Å². The van der Waals surface area contributed by atoms with Crippen LogP contribution in [-0.2, 0) is 5.41 Å². The molecule has 0 aliphatic rings. The van der Waals surface area contributed by atoms with E-state index in [1.807, 2.05) is 18.4 Å². The summed E-state index contributed by atoms with van der Waals surface area (Å²) in [4.78, 5) is 0. The van der Waals surface area contributed by atoms with E-state index in [9.17, 15) is 0 Å². The SMILES string of the molecule is Cc1noc(C)c1C(C)n1c(Cl)nnc1C(C)(C)C. The molecule has 0 saturated carbocycles. The maximum absolute atomic E-state index is 6.21. The van der Waals surface area contributed by atoms with Gasteiger partial charge in [-0.25, -0.2) is 0 Å². The lowest BCUT2D eigenvalue weighted by Crippen LogP contribution is -2.22. The summed E-state index contributed by atoms with van der Waals surface area (Å²) in [5, 5.41) is 12.6. The minimum Gasteiger partial charge on any atom is -0.361 e. The molecular weight excluding hydrogens is 264 g/mol. The van der Waals surface area contributed by atoms with Gasteiger partial charge in [-0.15, -0.1) is 10.2 Å². The van der Waals surface area contributed by atoms with Crippen molar-refractivity contribution in [3.63, 3.8) is 0 Å². The van der Waals surface area contributed by atoms with Gasteiger partial charge in [0, 0.05) is 11.0 Å². The third kappa shape index (κ3) is 2.39. The molecule has 0 aliphatic carbocycles. The smallest absolute Gasteiger partial charge is 0.225 e. The highest BCUT2D eigenvalue weighted by atomic mass is 35.5. The van der Waals surface area contributed by atoms with Crippen LogP contribution in [0.1, 0.15) is 56.6 Å². The molecule has 0 aliphatic heterocycles. The van der Waals surface area contributed by atoms with E-state index in [-0.39, 0.29) is 11.5 Å². The molecule has 0 saturated heterocycles. The molecule has 0 fully saturated rings. The van der Waals surface area contributed by atoms with E-state index in [0.717, 1.165) is 22.8 Å². The van der Waals surface area contributed by atoms with Gasteiger partial charge in [-0.05, 0) is 32.4 Å². The number of aryl methyl sites for hydroxylation is 2. The quantitative estimate of drug-likeness (QED) is 0.846. The van der Waals surface area contributed by atoms with Crippen molar-refractivity contribution in [1.82, 2.24) is 19.9 Å². The zero-order valence-electron chi connectivity index (χ0n) is 12.2. The molecule has 0 spiro atoms. The summed E-state index contributed by atoms with van der Waals surface area (Å²) < 4.78 is 7.17. The predicted octanol–water partition coefficient (Wildman–Crippen LogP) is 3.44. The molecule has 2 aromatic rings. The summed E-state index contributed by atoms with van der Waals surface area (Å²) in [6.45, 7) is 12.1. The molecule has 0 N–H and O–H groups in total. The van der Waals surface area contributed by atoms with Crippen molar-refractivity contribution in [2.45, 2.75) is 53.0 Å². The molecule has 0 radical (unpaired) electrons. The summed E-state index contributed by atoms with van der Waals surface area (Å²) in [5.74, 6) is 1.65. The van der Waals surface area contributed by atoms with Crippen LogP contribution < -0.4 is 0 Å². The van der Waals surface area contributed by atoms with Crippen LogP contribution in [0.2, 0.25) is 5.28 Å². The molecule has 1 atom stereocenters. The van der Waals surface area contributed by atoms with Crippen molar-refractivity contribution >= 4 is 11.6 Å². The van der Waals surface area contributed by atoms with E-state index in [1.165, 1.54) is 0 Å². The predicted molar refractivity (Wildman–Crippen MR) is 73.5 cm³/mol. The van der Waals surface area contributed by atoms with Crippen molar-refractivity contribution < 1.29 is 4.52 Å². The normalized spacial score (nSPS) is 13.8. The van der Waals surface area contributed by atoms with Gasteiger partial charge in [0.2, 0.25) is 5.28 Å². The summed E-state index contributed by atoms with van der Waals surface area (Å²) in [7, 11) is 0. The third-order valence-corrected chi connectivity index (χ3v) is 3.48. The van der Waals surface area contributed by atoms with Crippen LogP contribution in [-0.4, -0.2) is 19.9 Å². The first-order chi connectivity index (χ1) is 8.73. The highest BCUT2D eigenvalue weighted by Crippen LogP contribution is 2.32. The third-order valence-electron chi connectivity index (χ3n) is 3.22. The van der Waals surface area contributed by atoms with Gasteiger partial charge in [0.15, 0.2) is 0 Å². The fraction of sp³-hybridized carbons (Fsp3) is 0.615. The fourth-order valence-electron chi connectivity index (χ4n) is 2.34. The van der Waals surface area contributed by atoms with Gasteiger partial charge in [0.1, 0.15) is 11.6 Å². The second kappa shape index (κ2) is 4.63. The maximum Gasteiger partial charge on any atom is 0.225 e. The molecule has 0 bridgehead atoms. The monoisotopic (exact) mass is 282 g/mol. The molecule has 2 rings (SSSR count). The van der Waals surface area contributed by atoms with Gasteiger partial charge in [0.05, 0.1) is 11.7 Å². The van der Waals surface area contributed by atoms with Crippen LogP contribution in [0.15, 0.2) is 4.52 Å². The number of halogens is 1. The average molecular weight is 283 g/mol. The average Bonchev–Trinajstić information content (AvgIpc) is 2.81. The van der Waals surface area contributed by atoms with Gasteiger partial charge < -0.3 is 4.52 Å². The van der Waals surface area contributed by atoms with Gasteiger partial charge in [0.25, 0.3) is 0 Å². The minimum atomic E-state index is -0.132. The zero-order chi connectivity index (χ0) is 14.4. The Kier molecular flexibility index (Phi) is 3.43. The molecular formula is C13H19ClN4O. The summed E-state index contributed by atoms with van der Waals surface area (Å²) in [6.07, 6.45) is 0. The Labute approximate surface area is 118 Å². The molecule has 19 heavy (non-hydrogen) atoms. The Bertz CT molecular complexity index is 575. The van der Waals surface area contributed by atoms with E-state index < -0.39 is 0 Å². The Balaban J connectivity index is 2.57. The van der Waals surface area contributed by atoms with E-state index in [1.54, 1.807) is 0 Å². The first kappa shape index (κ1) is 14.1. The lowest BCUT2D eigenvalue weighted by atomic mass is 9.94. The van der Waals surface area contributed by atoms with Crippen molar-refractivity contribution in [3.05, 3.63) is 28.1 Å². The number of nitrogens with zero attached hydrogens (tertiary/aromatic N) is 4. The highest BCUT2D eigenvalue weighted by Gasteiger charge is 2.28. The Hall–Kier alpha value is -1.36. The summed E-state index contributed by atoms with van der Waals surface area (Å²) in [6, 6.07) is -0.0111. The number of hydrogen-bond donors (Lipinski definition) is 0.